The minimum Gasteiger partial charge on any atom is -0.484 e. The molecule has 1 atom stereocenters. The molecule has 140 valence electrons. The Labute approximate surface area is 160 Å². The maximum Gasteiger partial charge on any atom is 0.308 e. The van der Waals surface area contributed by atoms with E-state index in [1.54, 1.807) is 48.5 Å². The standard InChI is InChI=1S/C19H17ClN2O5/c20-15-3-1-2-4-16(15)21-17(23)11-27-14-7-5-13(6-8-14)22-10-12(19(25)26)9-18(22)24/h1-8,12H,9-11H2,(H,21,23)(H,25,26)/t12-/m1/s1. The number of carboxylic acids is 1. The number of benzene rings is 2. The average molecular weight is 389 g/mol. The third kappa shape index (κ3) is 4.57. The van der Waals surface area contributed by atoms with Gasteiger partial charge in [-0.15, -0.1) is 0 Å². The zero-order valence-corrected chi connectivity index (χ0v) is 15.0. The second-order valence-electron chi connectivity index (χ2n) is 6.05. The second-order valence-corrected chi connectivity index (χ2v) is 6.46. The molecular weight excluding hydrogens is 372 g/mol. The van der Waals surface area contributed by atoms with Crippen LogP contribution in [0.4, 0.5) is 11.4 Å². The Morgan fingerprint density at radius 3 is 2.52 bits per heavy atom. The van der Waals surface area contributed by atoms with Gasteiger partial charge in [0.2, 0.25) is 5.91 Å². The summed E-state index contributed by atoms with van der Waals surface area (Å²) < 4.78 is 5.43. The Morgan fingerprint density at radius 2 is 1.89 bits per heavy atom. The van der Waals surface area contributed by atoms with Gasteiger partial charge in [0.1, 0.15) is 5.75 Å². The highest BCUT2D eigenvalue weighted by Gasteiger charge is 2.34. The molecule has 0 spiro atoms. The van der Waals surface area contributed by atoms with E-state index in [1.165, 1.54) is 4.90 Å². The molecule has 1 fully saturated rings. The topological polar surface area (TPSA) is 95.9 Å². The van der Waals surface area contributed by atoms with Gasteiger partial charge in [0.05, 0.1) is 16.6 Å². The van der Waals surface area contributed by atoms with E-state index in [-0.39, 0.29) is 31.4 Å². The van der Waals surface area contributed by atoms with Crippen LogP contribution in [0.2, 0.25) is 5.02 Å². The number of nitrogens with one attached hydrogen (secondary N) is 1. The Bertz CT molecular complexity index is 869. The predicted octanol–water partition coefficient (Wildman–Crippen LogP) is 2.80. The molecule has 27 heavy (non-hydrogen) atoms. The summed E-state index contributed by atoms with van der Waals surface area (Å²) in [5.74, 6) is -1.80. The number of amides is 2. The monoisotopic (exact) mass is 388 g/mol. The third-order valence-corrected chi connectivity index (χ3v) is 4.47. The van der Waals surface area contributed by atoms with Gasteiger partial charge >= 0.3 is 5.97 Å². The number of carbonyl (C=O) groups excluding carboxylic acids is 2. The summed E-state index contributed by atoms with van der Waals surface area (Å²) in [5, 5.41) is 12.1. The van der Waals surface area contributed by atoms with Crippen molar-refractivity contribution in [3.63, 3.8) is 0 Å². The van der Waals surface area contributed by atoms with Crippen LogP contribution in [0.15, 0.2) is 48.5 Å². The van der Waals surface area contributed by atoms with Crippen LogP contribution in [0.3, 0.4) is 0 Å². The van der Waals surface area contributed by atoms with Crippen molar-refractivity contribution in [2.24, 2.45) is 5.92 Å². The van der Waals surface area contributed by atoms with Gasteiger partial charge in [-0.1, -0.05) is 23.7 Å². The molecule has 2 aromatic carbocycles. The number of hydrogen-bond acceptors (Lipinski definition) is 4. The maximum atomic E-state index is 12.0. The summed E-state index contributed by atoms with van der Waals surface area (Å²) in [6, 6.07) is 13.4. The van der Waals surface area contributed by atoms with E-state index in [1.807, 2.05) is 0 Å². The number of halogens is 1. The van der Waals surface area contributed by atoms with E-state index in [9.17, 15) is 14.4 Å². The van der Waals surface area contributed by atoms with Crippen LogP contribution in [-0.2, 0) is 14.4 Å². The SMILES string of the molecule is O=C(COc1ccc(N2C[C@H](C(=O)O)CC2=O)cc1)Nc1ccccc1Cl. The first-order valence-electron chi connectivity index (χ1n) is 8.24. The smallest absolute Gasteiger partial charge is 0.308 e. The summed E-state index contributed by atoms with van der Waals surface area (Å²) in [5.41, 5.74) is 1.10. The number of para-hydroxylation sites is 1. The molecule has 2 N–H and O–H groups in total. The van der Waals surface area contributed by atoms with Crippen molar-refractivity contribution in [3.8, 4) is 5.75 Å². The van der Waals surface area contributed by atoms with Crippen LogP contribution in [0, 0.1) is 5.92 Å². The van der Waals surface area contributed by atoms with Gasteiger partial charge in [0.15, 0.2) is 6.61 Å². The molecular formula is C19H17ClN2O5. The summed E-state index contributed by atoms with van der Waals surface area (Å²) in [4.78, 5) is 36.4. The van der Waals surface area contributed by atoms with Gasteiger partial charge in [-0.25, -0.2) is 0 Å². The fraction of sp³-hybridized carbons (Fsp3) is 0.211. The summed E-state index contributed by atoms with van der Waals surface area (Å²) in [6.07, 6.45) is -0.00417. The molecule has 8 heteroatoms. The highest BCUT2D eigenvalue weighted by atomic mass is 35.5. The molecule has 2 aromatic rings. The number of ether oxygens (including phenoxy) is 1. The Balaban J connectivity index is 1.55. The number of anilines is 2. The van der Waals surface area contributed by atoms with Crippen molar-refractivity contribution in [3.05, 3.63) is 53.6 Å². The largest absolute Gasteiger partial charge is 0.484 e. The molecule has 1 aliphatic rings. The van der Waals surface area contributed by atoms with Crippen LogP contribution < -0.4 is 15.0 Å². The number of nitrogens with zero attached hydrogens (tertiary/aromatic N) is 1. The van der Waals surface area contributed by atoms with Gasteiger partial charge in [-0.3, -0.25) is 14.4 Å². The number of hydrogen-bond donors (Lipinski definition) is 2. The normalized spacial score (nSPS) is 16.3. The minimum absolute atomic E-state index is 0.00417. The van der Waals surface area contributed by atoms with E-state index in [4.69, 9.17) is 21.4 Å². The summed E-state index contributed by atoms with van der Waals surface area (Å²) in [6.45, 7) is -0.0527. The highest BCUT2D eigenvalue weighted by molar-refractivity contribution is 6.33. The molecule has 0 unspecified atom stereocenters. The van der Waals surface area contributed by atoms with E-state index < -0.39 is 11.9 Å². The van der Waals surface area contributed by atoms with Crippen LogP contribution in [0.1, 0.15) is 6.42 Å². The summed E-state index contributed by atoms with van der Waals surface area (Å²) >= 11 is 5.98. The maximum absolute atomic E-state index is 12.0. The molecule has 3 rings (SSSR count). The van der Waals surface area contributed by atoms with Gasteiger partial charge in [0, 0.05) is 18.7 Å². The Hall–Kier alpha value is -3.06. The number of carboxylic acid groups (broad SMARTS) is 1. The fourth-order valence-electron chi connectivity index (χ4n) is 2.74. The van der Waals surface area contributed by atoms with Gasteiger partial charge in [-0.2, -0.15) is 0 Å². The van der Waals surface area contributed by atoms with Crippen molar-refractivity contribution in [1.29, 1.82) is 0 Å². The van der Waals surface area contributed by atoms with Crippen molar-refractivity contribution in [1.82, 2.24) is 0 Å². The lowest BCUT2D eigenvalue weighted by Crippen LogP contribution is -2.25. The molecule has 0 aliphatic carbocycles. The van der Waals surface area contributed by atoms with Gasteiger partial charge in [0.25, 0.3) is 5.91 Å². The zero-order valence-electron chi connectivity index (χ0n) is 14.2. The first kappa shape index (κ1) is 18.7. The van der Waals surface area contributed by atoms with E-state index in [0.717, 1.165) is 0 Å². The molecule has 0 aromatic heterocycles. The lowest BCUT2D eigenvalue weighted by Gasteiger charge is -2.16. The van der Waals surface area contributed by atoms with Crippen LogP contribution in [0.5, 0.6) is 5.75 Å². The van der Waals surface area contributed by atoms with Crippen LogP contribution >= 0.6 is 11.6 Å². The molecule has 1 heterocycles. The predicted molar refractivity (Wildman–Crippen MR) is 100 cm³/mol. The van der Waals surface area contributed by atoms with E-state index in [2.05, 4.69) is 5.32 Å². The van der Waals surface area contributed by atoms with Gasteiger partial charge < -0.3 is 20.1 Å². The van der Waals surface area contributed by atoms with Crippen molar-refractivity contribution in [2.45, 2.75) is 6.42 Å². The Kier molecular flexibility index (Phi) is 5.61. The van der Waals surface area contributed by atoms with Crippen molar-refractivity contribution >= 4 is 40.8 Å². The minimum atomic E-state index is -0.977. The van der Waals surface area contributed by atoms with Crippen LogP contribution in [0.25, 0.3) is 0 Å². The molecule has 2 amide bonds. The first-order valence-corrected chi connectivity index (χ1v) is 8.62. The zero-order chi connectivity index (χ0) is 19.4. The van der Waals surface area contributed by atoms with E-state index in [0.29, 0.717) is 22.1 Å². The lowest BCUT2D eigenvalue weighted by molar-refractivity contribution is -0.141. The first-order chi connectivity index (χ1) is 12.9. The molecule has 7 nitrogen and oxygen atoms in total. The number of rotatable bonds is 6. The molecule has 1 aliphatic heterocycles. The molecule has 0 bridgehead atoms. The molecule has 0 radical (unpaired) electrons. The lowest BCUT2D eigenvalue weighted by atomic mass is 10.1. The van der Waals surface area contributed by atoms with Crippen molar-refractivity contribution in [2.75, 3.05) is 23.4 Å². The Morgan fingerprint density at radius 1 is 1.19 bits per heavy atom. The third-order valence-electron chi connectivity index (χ3n) is 4.14. The molecule has 0 saturated carbocycles. The van der Waals surface area contributed by atoms with Gasteiger partial charge in [-0.05, 0) is 36.4 Å². The number of aliphatic carboxylic acids is 1. The highest BCUT2D eigenvalue weighted by Crippen LogP contribution is 2.27. The van der Waals surface area contributed by atoms with Crippen LogP contribution in [-0.4, -0.2) is 36.0 Å². The van der Waals surface area contributed by atoms with Crippen molar-refractivity contribution < 1.29 is 24.2 Å². The average Bonchev–Trinajstić information content (AvgIpc) is 3.04. The summed E-state index contributed by atoms with van der Waals surface area (Å²) in [7, 11) is 0. The quantitative estimate of drug-likeness (QED) is 0.793. The fourth-order valence-corrected chi connectivity index (χ4v) is 2.93. The van der Waals surface area contributed by atoms with E-state index >= 15 is 0 Å². The number of carbonyl (C=O) groups is 3. The second kappa shape index (κ2) is 8.09. The molecule has 1 saturated heterocycles.